The van der Waals surface area contributed by atoms with Gasteiger partial charge in [-0.2, -0.15) is 0 Å². The highest BCUT2D eigenvalue weighted by atomic mass is 16.6. The summed E-state index contributed by atoms with van der Waals surface area (Å²) in [6.45, 7) is 5.81. The van der Waals surface area contributed by atoms with Crippen molar-refractivity contribution in [2.75, 3.05) is 33.7 Å². The van der Waals surface area contributed by atoms with Crippen molar-refractivity contribution in [1.29, 1.82) is 5.41 Å². The van der Waals surface area contributed by atoms with Crippen LogP contribution in [-0.4, -0.2) is 80.1 Å². The zero-order chi connectivity index (χ0) is 32.0. The molecule has 0 aliphatic carbocycles. The second kappa shape index (κ2) is 17.5. The van der Waals surface area contributed by atoms with Gasteiger partial charge in [-0.3, -0.25) is 5.41 Å². The predicted octanol–water partition coefficient (Wildman–Crippen LogP) is 4.13. The Balaban J connectivity index is 1.77. The minimum absolute atomic E-state index is 0.0184. The van der Waals surface area contributed by atoms with E-state index in [2.05, 4.69) is 71.3 Å². The van der Waals surface area contributed by atoms with Gasteiger partial charge in [0.05, 0.1) is 11.5 Å². The number of alkyl carbamates (subject to hydrolysis) is 1. The summed E-state index contributed by atoms with van der Waals surface area (Å²) in [5.41, 5.74) is 10.1. The number of piperidine rings is 1. The zero-order valence-corrected chi connectivity index (χ0v) is 26.7. The Morgan fingerprint density at radius 1 is 1.11 bits per heavy atom. The fourth-order valence-electron chi connectivity index (χ4n) is 5.89. The standard InChI is InChI=1S/C34H51N7O3/c1-5-31(34(23-26(2)40(3)4,27-15-8-6-9-16-27)28-17-10-7-11-18-28)44-33(43)38-24-30-20-12-13-22-41(30)39-29(25-42)19-14-21-37-32(35)36/h5-11,15-18,25-26,29-30,39H,12-14,19-24H2,1-4H3,(H,38,43)(H4,35,36,37)/b31-5-/t26?,29-,30?/m0/s1. The van der Waals surface area contributed by atoms with Crippen LogP contribution >= 0.6 is 0 Å². The lowest BCUT2D eigenvalue weighted by molar-refractivity contribution is -0.111. The monoisotopic (exact) mass is 605 g/mol. The molecule has 0 radical (unpaired) electrons. The van der Waals surface area contributed by atoms with E-state index in [1.807, 2.05) is 49.4 Å². The van der Waals surface area contributed by atoms with Crippen LogP contribution in [0.2, 0.25) is 0 Å². The lowest BCUT2D eigenvalue weighted by Gasteiger charge is -2.40. The predicted molar refractivity (Wildman–Crippen MR) is 176 cm³/mol. The molecule has 2 unspecified atom stereocenters. The van der Waals surface area contributed by atoms with Gasteiger partial charge in [0, 0.05) is 31.7 Å². The number of amides is 1. The molecule has 6 N–H and O–H groups in total. The molecule has 240 valence electrons. The first-order chi connectivity index (χ1) is 21.2. The summed E-state index contributed by atoms with van der Waals surface area (Å²) in [5, 5.41) is 15.2. The average molecular weight is 606 g/mol. The van der Waals surface area contributed by atoms with Gasteiger partial charge in [0.25, 0.3) is 0 Å². The molecule has 10 nitrogen and oxygen atoms in total. The van der Waals surface area contributed by atoms with Crippen LogP contribution in [0.5, 0.6) is 0 Å². The van der Waals surface area contributed by atoms with Crippen LogP contribution in [-0.2, 0) is 14.9 Å². The van der Waals surface area contributed by atoms with Crippen LogP contribution < -0.4 is 21.8 Å². The normalized spacial score (nSPS) is 17.5. The number of nitrogens with zero attached hydrogens (tertiary/aromatic N) is 2. The van der Waals surface area contributed by atoms with Crippen LogP contribution in [0.3, 0.4) is 0 Å². The second-order valence-electron chi connectivity index (χ2n) is 11.8. The van der Waals surface area contributed by atoms with Crippen molar-refractivity contribution in [2.24, 2.45) is 5.73 Å². The van der Waals surface area contributed by atoms with E-state index in [0.29, 0.717) is 38.1 Å². The summed E-state index contributed by atoms with van der Waals surface area (Å²) in [6.07, 6.45) is 7.28. The fourth-order valence-corrected chi connectivity index (χ4v) is 5.89. The molecule has 3 atom stereocenters. The Labute approximate surface area is 262 Å². The molecule has 1 amide bonds. The molecular formula is C34H51N7O3. The zero-order valence-electron chi connectivity index (χ0n) is 26.7. The number of hydrazine groups is 1. The first-order valence-electron chi connectivity index (χ1n) is 15.7. The molecule has 1 aliphatic rings. The molecule has 44 heavy (non-hydrogen) atoms. The molecule has 0 aromatic heterocycles. The summed E-state index contributed by atoms with van der Waals surface area (Å²) in [6, 6.07) is 20.4. The molecule has 0 spiro atoms. The highest BCUT2D eigenvalue weighted by Gasteiger charge is 2.42. The van der Waals surface area contributed by atoms with Gasteiger partial charge in [-0.05, 0) is 77.2 Å². The van der Waals surface area contributed by atoms with Crippen LogP contribution in [0.4, 0.5) is 4.79 Å². The van der Waals surface area contributed by atoms with Gasteiger partial charge in [0.15, 0.2) is 5.96 Å². The lowest BCUT2D eigenvalue weighted by atomic mass is 9.68. The Hall–Kier alpha value is -3.73. The number of allylic oxidation sites excluding steroid dienone is 2. The number of benzene rings is 2. The maximum Gasteiger partial charge on any atom is 0.412 e. The van der Waals surface area contributed by atoms with Crippen molar-refractivity contribution in [1.82, 2.24) is 26.0 Å². The van der Waals surface area contributed by atoms with Gasteiger partial charge in [-0.1, -0.05) is 67.1 Å². The van der Waals surface area contributed by atoms with Gasteiger partial charge in [0.1, 0.15) is 12.0 Å². The highest BCUT2D eigenvalue weighted by molar-refractivity contribution is 5.74. The number of guanidine groups is 1. The molecule has 1 aliphatic heterocycles. The number of ether oxygens (including phenoxy) is 1. The number of hydrogen-bond acceptors (Lipinski definition) is 7. The molecule has 0 bridgehead atoms. The number of carbonyl (C=O) groups excluding carboxylic acids is 2. The maximum absolute atomic E-state index is 13.5. The minimum atomic E-state index is -0.689. The van der Waals surface area contributed by atoms with Crippen molar-refractivity contribution in [2.45, 2.75) is 75.9 Å². The van der Waals surface area contributed by atoms with E-state index < -0.39 is 11.5 Å². The molecule has 1 heterocycles. The number of nitrogens with one attached hydrogen (secondary N) is 4. The molecule has 0 saturated carbocycles. The van der Waals surface area contributed by atoms with Crippen molar-refractivity contribution < 1.29 is 14.3 Å². The minimum Gasteiger partial charge on any atom is -0.414 e. The second-order valence-corrected chi connectivity index (χ2v) is 11.8. The third-order valence-electron chi connectivity index (χ3n) is 8.51. The van der Waals surface area contributed by atoms with E-state index in [-0.39, 0.29) is 24.1 Å². The number of nitrogens with two attached hydrogens (primary N) is 1. The summed E-state index contributed by atoms with van der Waals surface area (Å²) >= 11 is 0. The topological polar surface area (TPSA) is 136 Å². The lowest BCUT2D eigenvalue weighted by Crippen LogP contribution is -2.56. The Morgan fingerprint density at radius 3 is 2.30 bits per heavy atom. The fraction of sp³-hybridized carbons (Fsp3) is 0.500. The van der Waals surface area contributed by atoms with Gasteiger partial charge in [-0.25, -0.2) is 15.2 Å². The van der Waals surface area contributed by atoms with Gasteiger partial charge >= 0.3 is 6.09 Å². The molecule has 2 aromatic carbocycles. The van der Waals surface area contributed by atoms with E-state index in [1.54, 1.807) is 0 Å². The quantitative estimate of drug-likeness (QED) is 0.0634. The van der Waals surface area contributed by atoms with E-state index in [4.69, 9.17) is 15.9 Å². The number of aldehydes is 1. The molecule has 3 rings (SSSR count). The number of hydrogen-bond donors (Lipinski definition) is 5. The molecule has 2 aromatic rings. The van der Waals surface area contributed by atoms with E-state index in [0.717, 1.165) is 43.2 Å². The Bertz CT molecular complexity index is 1170. The molecular weight excluding hydrogens is 554 g/mol. The van der Waals surface area contributed by atoms with Crippen molar-refractivity contribution >= 4 is 18.3 Å². The summed E-state index contributed by atoms with van der Waals surface area (Å²) < 4.78 is 6.23. The first-order valence-corrected chi connectivity index (χ1v) is 15.7. The van der Waals surface area contributed by atoms with Crippen molar-refractivity contribution in [3.05, 3.63) is 83.6 Å². The number of carbonyl (C=O) groups is 2. The maximum atomic E-state index is 13.5. The SMILES string of the molecule is C/C=C(\OC(=O)NCC1CCCCN1N[C@H](C=O)CCCNC(=N)N)C(CC(C)N(C)C)(c1ccccc1)c1ccccc1. The molecule has 1 fully saturated rings. The molecule has 1 saturated heterocycles. The van der Waals surface area contributed by atoms with Crippen LogP contribution in [0.15, 0.2) is 72.5 Å². The van der Waals surface area contributed by atoms with Crippen LogP contribution in [0, 0.1) is 5.41 Å². The molecule has 10 heteroatoms. The van der Waals surface area contributed by atoms with Crippen molar-refractivity contribution in [3.8, 4) is 0 Å². The first kappa shape index (κ1) is 34.8. The highest BCUT2D eigenvalue weighted by Crippen LogP contribution is 2.44. The Kier molecular flexibility index (Phi) is 13.9. The van der Waals surface area contributed by atoms with E-state index >= 15 is 0 Å². The average Bonchev–Trinajstić information content (AvgIpc) is 3.04. The van der Waals surface area contributed by atoms with Gasteiger partial charge in [-0.15, -0.1) is 0 Å². The Morgan fingerprint density at radius 2 is 1.75 bits per heavy atom. The number of rotatable bonds is 16. The summed E-state index contributed by atoms with van der Waals surface area (Å²) in [4.78, 5) is 27.5. The van der Waals surface area contributed by atoms with Crippen molar-refractivity contribution in [3.63, 3.8) is 0 Å². The summed E-state index contributed by atoms with van der Waals surface area (Å²) in [7, 11) is 4.13. The largest absolute Gasteiger partial charge is 0.414 e. The van der Waals surface area contributed by atoms with Crippen LogP contribution in [0.1, 0.15) is 63.5 Å². The summed E-state index contributed by atoms with van der Waals surface area (Å²) in [5.74, 6) is 0.507. The van der Waals surface area contributed by atoms with Gasteiger partial charge in [0.2, 0.25) is 0 Å². The smallest absolute Gasteiger partial charge is 0.412 e. The third-order valence-corrected chi connectivity index (χ3v) is 8.51. The van der Waals surface area contributed by atoms with Gasteiger partial charge < -0.3 is 30.8 Å². The van der Waals surface area contributed by atoms with Crippen LogP contribution in [0.25, 0.3) is 0 Å². The third kappa shape index (κ3) is 9.64. The van der Waals surface area contributed by atoms with E-state index in [1.165, 1.54) is 0 Å². The van der Waals surface area contributed by atoms with E-state index in [9.17, 15) is 9.59 Å².